The molecule has 5 atom stereocenters. The number of likely N-dealkylation sites (N-methyl/N-ethyl adjacent to an activating group) is 1. The fraction of sp³-hybridized carbons (Fsp3) is 0.484. The summed E-state index contributed by atoms with van der Waals surface area (Å²) in [7, 11) is 4.45. The van der Waals surface area contributed by atoms with Crippen LogP contribution in [0.2, 0.25) is 0 Å². The van der Waals surface area contributed by atoms with Gasteiger partial charge in [-0.15, -0.1) is 0 Å². The van der Waals surface area contributed by atoms with Gasteiger partial charge in [-0.25, -0.2) is 4.79 Å². The standard InChI is InChI=1S/C31H33N3O8/c1-8-13(2)31(39)42-12-21-22-16(25(35)14(3)29(40-6)27(22)37)10-19-24-23-17(26(36)15(4)30(41-7)28(23)38)9-18(33(24)5)20(11-32)34(19)21/h8,18-21,24H,9-10,12H2,1-7H3/b13-8+/t18-,19-,20-,21-,24+/m0/s1. The fourth-order valence-electron chi connectivity index (χ4n) is 7.16. The van der Waals surface area contributed by atoms with E-state index in [1.165, 1.54) is 21.1 Å². The zero-order chi connectivity index (χ0) is 30.8. The summed E-state index contributed by atoms with van der Waals surface area (Å²) >= 11 is 0. The van der Waals surface area contributed by atoms with Crippen molar-refractivity contribution in [2.24, 2.45) is 0 Å². The van der Waals surface area contributed by atoms with E-state index < -0.39 is 47.7 Å². The molecule has 0 unspecified atom stereocenters. The quantitative estimate of drug-likeness (QED) is 0.268. The van der Waals surface area contributed by atoms with Crippen LogP contribution in [-0.4, -0.2) is 97.0 Å². The highest BCUT2D eigenvalue weighted by molar-refractivity contribution is 6.26. The van der Waals surface area contributed by atoms with Gasteiger partial charge >= 0.3 is 5.97 Å². The Morgan fingerprint density at radius 1 is 0.929 bits per heavy atom. The molecule has 11 heteroatoms. The average molecular weight is 576 g/mol. The Labute approximate surface area is 243 Å². The number of nitriles is 1. The molecule has 0 amide bonds. The number of hydrogen-bond acceptors (Lipinski definition) is 11. The maximum Gasteiger partial charge on any atom is 0.333 e. The molecule has 3 aliphatic heterocycles. The first-order valence-electron chi connectivity index (χ1n) is 13.8. The number of Topliss-reactive ketones (excluding diaryl/α,β-unsaturated/α-hetero) is 4. The molecule has 0 aromatic rings. The Bertz CT molecular complexity index is 1550. The Morgan fingerprint density at radius 3 is 1.98 bits per heavy atom. The van der Waals surface area contributed by atoms with Gasteiger partial charge in [-0.05, 0) is 47.6 Å². The normalized spacial score (nSPS) is 30.2. The monoisotopic (exact) mass is 575 g/mol. The van der Waals surface area contributed by atoms with Crippen molar-refractivity contribution < 1.29 is 38.2 Å². The van der Waals surface area contributed by atoms with Gasteiger partial charge in [-0.3, -0.25) is 29.0 Å². The lowest BCUT2D eigenvalue weighted by molar-refractivity contribution is -0.143. The van der Waals surface area contributed by atoms with Crippen molar-refractivity contribution in [3.8, 4) is 6.07 Å². The molecule has 0 aromatic heterocycles. The van der Waals surface area contributed by atoms with Gasteiger partial charge < -0.3 is 14.2 Å². The predicted molar refractivity (Wildman–Crippen MR) is 147 cm³/mol. The summed E-state index contributed by atoms with van der Waals surface area (Å²) in [5.41, 5.74) is 1.71. The number of allylic oxidation sites excluding steroid dienone is 5. The molecule has 1 fully saturated rings. The third kappa shape index (κ3) is 3.96. The van der Waals surface area contributed by atoms with Crippen LogP contribution in [0.25, 0.3) is 0 Å². The number of hydrogen-bond donors (Lipinski definition) is 0. The smallest absolute Gasteiger partial charge is 0.333 e. The fourth-order valence-corrected chi connectivity index (χ4v) is 7.16. The van der Waals surface area contributed by atoms with Gasteiger partial charge in [0.05, 0.1) is 32.4 Å². The van der Waals surface area contributed by atoms with E-state index in [2.05, 4.69) is 6.07 Å². The molecule has 0 spiro atoms. The van der Waals surface area contributed by atoms with Crippen LogP contribution >= 0.6 is 0 Å². The largest absolute Gasteiger partial charge is 0.492 e. The zero-order valence-corrected chi connectivity index (χ0v) is 24.7. The van der Waals surface area contributed by atoms with Crippen molar-refractivity contribution in [3.05, 3.63) is 56.6 Å². The van der Waals surface area contributed by atoms with E-state index in [4.69, 9.17) is 14.2 Å². The Morgan fingerprint density at radius 2 is 1.45 bits per heavy atom. The summed E-state index contributed by atoms with van der Waals surface area (Å²) in [5, 5.41) is 10.5. The van der Waals surface area contributed by atoms with Gasteiger partial charge in [-0.2, -0.15) is 5.26 Å². The van der Waals surface area contributed by atoms with E-state index in [0.29, 0.717) is 11.1 Å². The van der Waals surface area contributed by atoms with E-state index in [9.17, 15) is 29.2 Å². The molecule has 220 valence electrons. The predicted octanol–water partition coefficient (Wildman–Crippen LogP) is 1.65. The molecule has 3 heterocycles. The summed E-state index contributed by atoms with van der Waals surface area (Å²) in [4.78, 5) is 71.3. The molecule has 2 aliphatic carbocycles. The van der Waals surface area contributed by atoms with Crippen LogP contribution in [0, 0.1) is 11.3 Å². The lowest BCUT2D eigenvalue weighted by Gasteiger charge is -2.60. The third-order valence-corrected chi connectivity index (χ3v) is 9.34. The number of fused-ring (bicyclic) bond motifs is 5. The number of carbonyl (C=O) groups excluding carboxylic acids is 5. The van der Waals surface area contributed by atoms with Gasteiger partial charge in [0.1, 0.15) is 12.6 Å². The molecule has 2 bridgehead atoms. The molecule has 5 aliphatic rings. The SMILES string of the molecule is C/C=C(\C)C(=O)OC[C@H]1C2=C(C[C@H]3[C@@H]4C5=C(C[C@@H]([C@H](C#N)N13)N4C)C(=O)C(C)=C(OC)C5=O)C(=O)C(C)=C(OC)C2=O. The first kappa shape index (κ1) is 29.4. The van der Waals surface area contributed by atoms with Gasteiger partial charge in [0, 0.05) is 51.1 Å². The highest BCUT2D eigenvalue weighted by Crippen LogP contribution is 2.49. The minimum atomic E-state index is -0.971. The van der Waals surface area contributed by atoms with E-state index in [1.807, 2.05) is 9.80 Å². The summed E-state index contributed by atoms with van der Waals surface area (Å²) in [6.45, 7) is 6.05. The van der Waals surface area contributed by atoms with Crippen molar-refractivity contribution in [1.82, 2.24) is 9.80 Å². The van der Waals surface area contributed by atoms with Gasteiger partial charge in [0.25, 0.3) is 0 Å². The highest BCUT2D eigenvalue weighted by Gasteiger charge is 2.60. The van der Waals surface area contributed by atoms with Crippen LogP contribution in [-0.2, 0) is 38.2 Å². The van der Waals surface area contributed by atoms with Gasteiger partial charge in [-0.1, -0.05) is 6.08 Å². The summed E-state index contributed by atoms with van der Waals surface area (Å²) < 4.78 is 16.4. The number of ketones is 4. The van der Waals surface area contributed by atoms with Crippen molar-refractivity contribution in [2.45, 2.75) is 70.7 Å². The molecule has 42 heavy (non-hydrogen) atoms. The molecule has 11 nitrogen and oxygen atoms in total. The van der Waals surface area contributed by atoms with Crippen molar-refractivity contribution in [1.29, 1.82) is 5.26 Å². The second kappa shape index (κ2) is 10.6. The van der Waals surface area contributed by atoms with E-state index in [0.717, 1.165) is 0 Å². The third-order valence-electron chi connectivity index (χ3n) is 9.34. The molecule has 0 saturated carbocycles. The molecule has 1 saturated heterocycles. The van der Waals surface area contributed by atoms with Crippen molar-refractivity contribution >= 4 is 29.1 Å². The Balaban J connectivity index is 1.71. The highest BCUT2D eigenvalue weighted by atomic mass is 16.5. The minimum absolute atomic E-state index is 0.0324. The number of piperazine rings is 1. The van der Waals surface area contributed by atoms with Crippen LogP contribution in [0.3, 0.4) is 0 Å². The molecular weight excluding hydrogens is 542 g/mol. The molecule has 0 N–H and O–H groups in total. The molecule has 0 aromatic carbocycles. The summed E-state index contributed by atoms with van der Waals surface area (Å²) in [5.74, 6) is -2.32. The summed E-state index contributed by atoms with van der Waals surface area (Å²) in [6.07, 6.45) is 1.77. The topological polar surface area (TPSA) is 143 Å². The number of carbonyl (C=O) groups is 5. The zero-order valence-electron chi connectivity index (χ0n) is 24.7. The summed E-state index contributed by atoms with van der Waals surface area (Å²) in [6, 6.07) is -1.35. The Kier molecular flexibility index (Phi) is 7.41. The maximum atomic E-state index is 13.8. The minimum Gasteiger partial charge on any atom is -0.492 e. The van der Waals surface area contributed by atoms with Gasteiger partial charge in [0.15, 0.2) is 23.1 Å². The van der Waals surface area contributed by atoms with Gasteiger partial charge in [0.2, 0.25) is 11.6 Å². The lowest BCUT2D eigenvalue weighted by Crippen LogP contribution is -2.74. The number of ether oxygens (including phenoxy) is 3. The number of rotatable bonds is 5. The van der Waals surface area contributed by atoms with Crippen molar-refractivity contribution in [3.63, 3.8) is 0 Å². The maximum absolute atomic E-state index is 13.8. The van der Waals surface area contributed by atoms with E-state index in [-0.39, 0.29) is 70.4 Å². The van der Waals surface area contributed by atoms with Crippen LogP contribution in [0.5, 0.6) is 0 Å². The second-order valence-corrected chi connectivity index (χ2v) is 11.2. The Hall–Kier alpha value is -4.14. The first-order valence-corrected chi connectivity index (χ1v) is 13.8. The number of nitrogens with zero attached hydrogens (tertiary/aromatic N) is 3. The molecule has 0 radical (unpaired) electrons. The number of methoxy groups -OCH3 is 2. The average Bonchev–Trinajstić information content (AvgIpc) is 2.97. The molecular formula is C31H33N3O8. The van der Waals surface area contributed by atoms with E-state index >= 15 is 0 Å². The lowest BCUT2D eigenvalue weighted by atomic mass is 9.67. The van der Waals surface area contributed by atoms with Crippen molar-refractivity contribution in [2.75, 3.05) is 27.9 Å². The van der Waals surface area contributed by atoms with Crippen LogP contribution in [0.15, 0.2) is 56.6 Å². The molecule has 5 rings (SSSR count). The van der Waals surface area contributed by atoms with E-state index in [1.54, 1.807) is 33.9 Å². The van der Waals surface area contributed by atoms with Crippen LogP contribution < -0.4 is 0 Å². The first-order chi connectivity index (χ1) is 19.9. The van der Waals surface area contributed by atoms with Crippen LogP contribution in [0.1, 0.15) is 40.5 Å². The second-order valence-electron chi connectivity index (χ2n) is 11.2. The number of esters is 1. The van der Waals surface area contributed by atoms with Crippen LogP contribution in [0.4, 0.5) is 0 Å².